The van der Waals surface area contributed by atoms with E-state index in [4.69, 9.17) is 34.8 Å². The Hall–Kier alpha value is -1.73. The number of hydrogen-bond acceptors (Lipinski definition) is 4. The maximum Gasteiger partial charge on any atom is 0.251 e. The first-order chi connectivity index (χ1) is 14.3. The van der Waals surface area contributed by atoms with Crippen molar-refractivity contribution in [3.8, 4) is 0 Å². The van der Waals surface area contributed by atoms with E-state index in [1.54, 1.807) is 30.0 Å². The van der Waals surface area contributed by atoms with Crippen LogP contribution in [0.15, 0.2) is 47.6 Å². The average molecular weight is 484 g/mol. The molecular weight excluding hydrogens is 463 g/mol. The summed E-state index contributed by atoms with van der Waals surface area (Å²) in [6.45, 7) is 4.05. The molecule has 9 heteroatoms. The van der Waals surface area contributed by atoms with E-state index in [1.807, 2.05) is 49.7 Å². The Bertz CT molecular complexity index is 1040. The fraction of sp³-hybridized carbons (Fsp3) is 0.286. The maximum atomic E-state index is 12.8. The van der Waals surface area contributed by atoms with E-state index in [-0.39, 0.29) is 17.9 Å². The summed E-state index contributed by atoms with van der Waals surface area (Å²) in [6.07, 6.45) is 0. The summed E-state index contributed by atoms with van der Waals surface area (Å²) in [5.74, 6) is 1.29. The zero-order valence-corrected chi connectivity index (χ0v) is 19.8. The number of amides is 1. The number of carbonyl (C=O) groups is 1. The Balaban J connectivity index is 1.75. The molecule has 1 atom stereocenters. The summed E-state index contributed by atoms with van der Waals surface area (Å²) in [5.41, 5.74) is 1.58. The van der Waals surface area contributed by atoms with Crippen LogP contribution in [0.2, 0.25) is 15.1 Å². The molecular formula is C21H21Cl3N4OS. The van der Waals surface area contributed by atoms with E-state index in [1.165, 1.54) is 0 Å². The third-order valence-corrected chi connectivity index (χ3v) is 6.65. The summed E-state index contributed by atoms with van der Waals surface area (Å²) < 4.78 is 1.92. The van der Waals surface area contributed by atoms with Gasteiger partial charge in [-0.2, -0.15) is 0 Å². The lowest BCUT2D eigenvalue weighted by Crippen LogP contribution is -2.33. The summed E-state index contributed by atoms with van der Waals surface area (Å²) in [4.78, 5) is 12.8. The van der Waals surface area contributed by atoms with Gasteiger partial charge in [-0.1, -0.05) is 72.5 Å². The van der Waals surface area contributed by atoms with Gasteiger partial charge in [-0.05, 0) is 41.8 Å². The first kappa shape index (κ1) is 22.9. The second kappa shape index (κ2) is 10.1. The van der Waals surface area contributed by atoms with Crippen molar-refractivity contribution in [3.05, 3.63) is 74.5 Å². The quantitative estimate of drug-likeness (QED) is 0.407. The van der Waals surface area contributed by atoms with Gasteiger partial charge in [0.25, 0.3) is 5.91 Å². The lowest BCUT2D eigenvalue weighted by atomic mass is 10.0. The normalized spacial score (nSPS) is 12.2. The second-order valence-corrected chi connectivity index (χ2v) is 9.33. The molecule has 0 saturated carbocycles. The van der Waals surface area contributed by atoms with Gasteiger partial charge in [0.1, 0.15) is 0 Å². The van der Waals surface area contributed by atoms with Gasteiger partial charge in [-0.15, -0.1) is 10.2 Å². The topological polar surface area (TPSA) is 59.8 Å². The summed E-state index contributed by atoms with van der Waals surface area (Å²) in [7, 11) is 1.90. The number of halogens is 3. The third kappa shape index (κ3) is 5.49. The smallest absolute Gasteiger partial charge is 0.251 e. The Morgan fingerprint density at radius 2 is 1.77 bits per heavy atom. The van der Waals surface area contributed by atoms with E-state index < -0.39 is 0 Å². The van der Waals surface area contributed by atoms with Crippen LogP contribution in [0.5, 0.6) is 0 Å². The Morgan fingerprint density at radius 1 is 1.07 bits per heavy atom. The molecule has 3 aromatic rings. The molecule has 0 saturated heterocycles. The largest absolute Gasteiger partial charge is 0.342 e. The van der Waals surface area contributed by atoms with E-state index in [2.05, 4.69) is 15.5 Å². The van der Waals surface area contributed by atoms with Crippen molar-refractivity contribution in [2.24, 2.45) is 13.0 Å². The van der Waals surface area contributed by atoms with Gasteiger partial charge >= 0.3 is 0 Å². The van der Waals surface area contributed by atoms with Crippen molar-refractivity contribution >= 4 is 52.5 Å². The minimum atomic E-state index is -0.311. The van der Waals surface area contributed by atoms with Crippen molar-refractivity contribution in [3.63, 3.8) is 0 Å². The highest BCUT2D eigenvalue weighted by atomic mass is 35.5. The highest BCUT2D eigenvalue weighted by Crippen LogP contribution is 2.27. The Morgan fingerprint density at radius 3 is 2.40 bits per heavy atom. The minimum absolute atomic E-state index is 0.105. The number of thioether (sulfide) groups is 1. The number of benzene rings is 2. The average Bonchev–Trinajstić information content (AvgIpc) is 3.07. The number of hydrogen-bond donors (Lipinski definition) is 1. The van der Waals surface area contributed by atoms with Gasteiger partial charge in [-0.25, -0.2) is 0 Å². The van der Waals surface area contributed by atoms with Crippen LogP contribution in [-0.4, -0.2) is 20.7 Å². The Labute approximate surface area is 195 Å². The van der Waals surface area contributed by atoms with E-state index in [9.17, 15) is 4.79 Å². The number of rotatable bonds is 7. The first-order valence-electron chi connectivity index (χ1n) is 9.28. The molecule has 1 amide bonds. The second-order valence-electron chi connectivity index (χ2n) is 7.14. The molecule has 5 nitrogen and oxygen atoms in total. The molecule has 0 bridgehead atoms. The van der Waals surface area contributed by atoms with Gasteiger partial charge in [0, 0.05) is 23.4 Å². The van der Waals surface area contributed by atoms with Crippen LogP contribution in [0.1, 0.15) is 41.6 Å². The van der Waals surface area contributed by atoms with Crippen LogP contribution in [-0.2, 0) is 12.8 Å². The van der Waals surface area contributed by atoms with Gasteiger partial charge in [0.05, 0.1) is 16.1 Å². The molecule has 1 N–H and O–H groups in total. The van der Waals surface area contributed by atoms with Crippen molar-refractivity contribution < 1.29 is 4.79 Å². The summed E-state index contributed by atoms with van der Waals surface area (Å²) >= 11 is 19.5. The number of nitrogens with zero attached hydrogens (tertiary/aromatic N) is 3. The molecule has 2 aromatic carbocycles. The van der Waals surface area contributed by atoms with Gasteiger partial charge in [0.15, 0.2) is 11.0 Å². The number of nitrogens with one attached hydrogen (secondary N) is 1. The summed E-state index contributed by atoms with van der Waals surface area (Å²) in [6, 6.07) is 12.2. The van der Waals surface area contributed by atoms with Crippen molar-refractivity contribution in [1.29, 1.82) is 0 Å². The predicted molar refractivity (Wildman–Crippen MR) is 124 cm³/mol. The predicted octanol–water partition coefficient (Wildman–Crippen LogP) is 6.19. The van der Waals surface area contributed by atoms with Crippen LogP contribution >= 0.6 is 46.6 Å². The zero-order chi connectivity index (χ0) is 21.8. The highest BCUT2D eigenvalue weighted by Gasteiger charge is 2.25. The summed E-state index contributed by atoms with van der Waals surface area (Å²) in [5, 5.41) is 13.9. The van der Waals surface area contributed by atoms with Crippen molar-refractivity contribution in [1.82, 2.24) is 20.1 Å². The van der Waals surface area contributed by atoms with Gasteiger partial charge < -0.3 is 9.88 Å². The molecule has 0 aliphatic rings. The molecule has 0 aliphatic heterocycles. The van der Waals surface area contributed by atoms with Gasteiger partial charge in [-0.3, -0.25) is 4.79 Å². The zero-order valence-electron chi connectivity index (χ0n) is 16.7. The standard InChI is InChI=1S/C21H21Cl3N4OS/c1-12(2)18(25-20(29)14-6-9-16(23)17(24)10-14)19-26-27-21(28(19)3)30-11-13-4-7-15(22)8-5-13/h4-10,12,18H,11H2,1-3H3,(H,25,29)/t18-/m0/s1. The molecule has 1 aromatic heterocycles. The van der Waals surface area contributed by atoms with Crippen LogP contribution < -0.4 is 5.32 Å². The van der Waals surface area contributed by atoms with Crippen LogP contribution in [0.4, 0.5) is 0 Å². The van der Waals surface area contributed by atoms with Crippen molar-refractivity contribution in [2.75, 3.05) is 0 Å². The molecule has 0 spiro atoms. The van der Waals surface area contributed by atoms with Crippen LogP contribution in [0.3, 0.4) is 0 Å². The molecule has 1 heterocycles. The first-order valence-corrected chi connectivity index (χ1v) is 11.4. The molecule has 3 rings (SSSR count). The van der Waals surface area contributed by atoms with E-state index >= 15 is 0 Å². The third-order valence-electron chi connectivity index (χ3n) is 4.56. The molecule has 0 fully saturated rings. The van der Waals surface area contributed by atoms with Gasteiger partial charge in [0.2, 0.25) is 0 Å². The number of carbonyl (C=O) groups excluding carboxylic acids is 1. The molecule has 30 heavy (non-hydrogen) atoms. The SMILES string of the molecule is CC(C)[C@H](NC(=O)c1ccc(Cl)c(Cl)c1)c1nnc(SCc2ccc(Cl)cc2)n1C. The highest BCUT2D eigenvalue weighted by molar-refractivity contribution is 7.98. The molecule has 158 valence electrons. The van der Waals surface area contributed by atoms with E-state index in [0.29, 0.717) is 26.5 Å². The van der Waals surface area contributed by atoms with Crippen LogP contribution in [0.25, 0.3) is 0 Å². The fourth-order valence-electron chi connectivity index (χ4n) is 2.84. The lowest BCUT2D eigenvalue weighted by molar-refractivity contribution is 0.0922. The van der Waals surface area contributed by atoms with Crippen LogP contribution in [0, 0.1) is 5.92 Å². The lowest BCUT2D eigenvalue weighted by Gasteiger charge is -2.22. The van der Waals surface area contributed by atoms with E-state index in [0.717, 1.165) is 16.5 Å². The fourth-order valence-corrected chi connectivity index (χ4v) is 4.14. The maximum absolute atomic E-state index is 12.8. The number of aromatic nitrogens is 3. The monoisotopic (exact) mass is 482 g/mol. The minimum Gasteiger partial charge on any atom is -0.342 e. The van der Waals surface area contributed by atoms with Crippen molar-refractivity contribution in [2.45, 2.75) is 30.8 Å². The molecule has 0 radical (unpaired) electrons. The Kier molecular flexibility index (Phi) is 7.69. The molecule has 0 unspecified atom stereocenters. The molecule has 0 aliphatic carbocycles.